The van der Waals surface area contributed by atoms with Crippen molar-refractivity contribution in [1.82, 2.24) is 20.1 Å². The van der Waals surface area contributed by atoms with Gasteiger partial charge in [0.25, 0.3) is 0 Å². The van der Waals surface area contributed by atoms with Crippen LogP contribution in [-0.2, 0) is 11.3 Å². The minimum Gasteiger partial charge on any atom is -0.325 e. The molecule has 124 valence electrons. The Labute approximate surface area is 142 Å². The number of carbonyl (C=O) groups is 1. The number of piperidine rings is 1. The maximum absolute atomic E-state index is 12.4. The largest absolute Gasteiger partial charge is 0.325 e. The summed E-state index contributed by atoms with van der Waals surface area (Å²) in [5.41, 5.74) is 1.69. The smallest absolute Gasteiger partial charge is 0.228 e. The molecule has 0 saturated carbocycles. The number of hydrogen-bond donors (Lipinski definition) is 2. The molecule has 1 aromatic heterocycles. The minimum absolute atomic E-state index is 0. The maximum atomic E-state index is 12.4. The van der Waals surface area contributed by atoms with Crippen molar-refractivity contribution in [1.29, 1.82) is 0 Å². The number of aromatic nitrogens is 3. The third-order valence-electron chi connectivity index (χ3n) is 4.05. The Morgan fingerprint density at radius 1 is 1.43 bits per heavy atom. The van der Waals surface area contributed by atoms with Crippen LogP contribution in [0.1, 0.15) is 19.8 Å². The third kappa shape index (κ3) is 3.89. The van der Waals surface area contributed by atoms with Crippen LogP contribution in [0.5, 0.6) is 0 Å². The molecule has 0 radical (unpaired) electrons. The molecule has 7 heteroatoms. The molecule has 1 aliphatic rings. The van der Waals surface area contributed by atoms with Crippen LogP contribution in [0.3, 0.4) is 0 Å². The SMILES string of the molecule is CCn1cnnc1-c1ccccc1NC(=O)C1CCCNC1.Cl. The van der Waals surface area contributed by atoms with Gasteiger partial charge in [-0.2, -0.15) is 0 Å². The predicted octanol–water partition coefficient (Wildman–Crippen LogP) is 2.32. The van der Waals surface area contributed by atoms with Crippen LogP contribution in [0, 0.1) is 5.92 Å². The first-order valence-corrected chi connectivity index (χ1v) is 7.78. The van der Waals surface area contributed by atoms with Crippen molar-refractivity contribution in [2.24, 2.45) is 5.92 Å². The number of halogens is 1. The van der Waals surface area contributed by atoms with E-state index in [2.05, 4.69) is 20.8 Å². The number of nitrogens with one attached hydrogen (secondary N) is 2. The van der Waals surface area contributed by atoms with E-state index in [1.807, 2.05) is 35.8 Å². The molecule has 0 bridgehead atoms. The molecule has 2 heterocycles. The topological polar surface area (TPSA) is 71.8 Å². The molecule has 0 spiro atoms. The van der Waals surface area contributed by atoms with E-state index in [0.29, 0.717) is 0 Å². The summed E-state index contributed by atoms with van der Waals surface area (Å²) in [4.78, 5) is 12.4. The van der Waals surface area contributed by atoms with Gasteiger partial charge in [0.1, 0.15) is 6.33 Å². The Morgan fingerprint density at radius 3 is 3.00 bits per heavy atom. The maximum Gasteiger partial charge on any atom is 0.228 e. The fraction of sp³-hybridized carbons (Fsp3) is 0.438. The summed E-state index contributed by atoms with van der Waals surface area (Å²) >= 11 is 0. The van der Waals surface area contributed by atoms with Crippen LogP contribution < -0.4 is 10.6 Å². The fourth-order valence-electron chi connectivity index (χ4n) is 2.79. The number of aryl methyl sites for hydroxylation is 1. The van der Waals surface area contributed by atoms with E-state index < -0.39 is 0 Å². The van der Waals surface area contributed by atoms with E-state index >= 15 is 0 Å². The van der Waals surface area contributed by atoms with Crippen LogP contribution >= 0.6 is 12.4 Å². The second-order valence-corrected chi connectivity index (χ2v) is 5.52. The fourth-order valence-corrected chi connectivity index (χ4v) is 2.79. The molecule has 1 fully saturated rings. The van der Waals surface area contributed by atoms with E-state index in [-0.39, 0.29) is 24.2 Å². The molecular weight excluding hydrogens is 314 g/mol. The quantitative estimate of drug-likeness (QED) is 0.899. The summed E-state index contributed by atoms with van der Waals surface area (Å²) in [7, 11) is 0. The molecule has 0 aliphatic carbocycles. The van der Waals surface area contributed by atoms with E-state index in [9.17, 15) is 4.79 Å². The summed E-state index contributed by atoms with van der Waals surface area (Å²) in [6, 6.07) is 7.75. The Kier molecular flexibility index (Phi) is 6.12. The van der Waals surface area contributed by atoms with Gasteiger partial charge >= 0.3 is 0 Å². The zero-order valence-corrected chi connectivity index (χ0v) is 14.0. The second-order valence-electron chi connectivity index (χ2n) is 5.52. The first kappa shape index (κ1) is 17.4. The molecule has 2 N–H and O–H groups in total. The minimum atomic E-state index is 0. The summed E-state index contributed by atoms with van der Waals surface area (Å²) < 4.78 is 1.97. The summed E-state index contributed by atoms with van der Waals surface area (Å²) in [6.07, 6.45) is 3.69. The number of benzene rings is 1. The number of amides is 1. The lowest BCUT2D eigenvalue weighted by Gasteiger charge is -2.22. The number of anilines is 1. The van der Waals surface area contributed by atoms with Gasteiger partial charge in [-0.05, 0) is 38.4 Å². The van der Waals surface area contributed by atoms with Gasteiger partial charge in [0.05, 0.1) is 11.6 Å². The van der Waals surface area contributed by atoms with Crippen molar-refractivity contribution in [2.75, 3.05) is 18.4 Å². The van der Waals surface area contributed by atoms with Crippen molar-refractivity contribution in [3.8, 4) is 11.4 Å². The number of hydrogen-bond acceptors (Lipinski definition) is 4. The van der Waals surface area contributed by atoms with Gasteiger partial charge in [-0.15, -0.1) is 22.6 Å². The average molecular weight is 336 g/mol. The van der Waals surface area contributed by atoms with Crippen molar-refractivity contribution in [2.45, 2.75) is 26.3 Å². The number of nitrogens with zero attached hydrogens (tertiary/aromatic N) is 3. The van der Waals surface area contributed by atoms with Gasteiger partial charge in [0.2, 0.25) is 5.91 Å². The van der Waals surface area contributed by atoms with E-state index in [0.717, 1.165) is 49.6 Å². The molecule has 23 heavy (non-hydrogen) atoms. The molecule has 1 aromatic carbocycles. The first-order chi connectivity index (χ1) is 10.8. The molecular formula is C16H22ClN5O. The van der Waals surface area contributed by atoms with Gasteiger partial charge in [-0.3, -0.25) is 4.79 Å². The van der Waals surface area contributed by atoms with Crippen LogP contribution in [0.2, 0.25) is 0 Å². The highest BCUT2D eigenvalue weighted by atomic mass is 35.5. The van der Waals surface area contributed by atoms with Crippen molar-refractivity contribution in [3.63, 3.8) is 0 Å². The van der Waals surface area contributed by atoms with Crippen LogP contribution in [-0.4, -0.2) is 33.8 Å². The van der Waals surface area contributed by atoms with Gasteiger partial charge in [-0.25, -0.2) is 0 Å². The van der Waals surface area contributed by atoms with Gasteiger partial charge in [-0.1, -0.05) is 12.1 Å². The average Bonchev–Trinajstić information content (AvgIpc) is 3.04. The van der Waals surface area contributed by atoms with E-state index in [1.54, 1.807) is 6.33 Å². The van der Waals surface area contributed by atoms with E-state index in [4.69, 9.17) is 0 Å². The summed E-state index contributed by atoms with van der Waals surface area (Å²) in [5, 5.41) is 14.5. The highest BCUT2D eigenvalue weighted by Crippen LogP contribution is 2.27. The molecule has 6 nitrogen and oxygen atoms in total. The molecule has 2 aromatic rings. The van der Waals surface area contributed by atoms with Crippen molar-refractivity contribution >= 4 is 24.0 Å². The van der Waals surface area contributed by atoms with Crippen molar-refractivity contribution < 1.29 is 4.79 Å². The van der Waals surface area contributed by atoms with E-state index in [1.165, 1.54) is 0 Å². The highest BCUT2D eigenvalue weighted by molar-refractivity contribution is 5.96. The first-order valence-electron chi connectivity index (χ1n) is 7.78. The monoisotopic (exact) mass is 335 g/mol. The molecule has 1 saturated heterocycles. The predicted molar refractivity (Wildman–Crippen MR) is 92.6 cm³/mol. The normalized spacial score (nSPS) is 17.3. The lowest BCUT2D eigenvalue weighted by Crippen LogP contribution is -2.37. The van der Waals surface area contributed by atoms with Crippen LogP contribution in [0.15, 0.2) is 30.6 Å². The highest BCUT2D eigenvalue weighted by Gasteiger charge is 2.22. The lowest BCUT2D eigenvalue weighted by atomic mass is 9.98. The van der Waals surface area contributed by atoms with Gasteiger partial charge in [0.15, 0.2) is 5.82 Å². The Bertz CT molecular complexity index is 651. The molecule has 1 aliphatic heterocycles. The number of carbonyl (C=O) groups excluding carboxylic acids is 1. The Morgan fingerprint density at radius 2 is 2.26 bits per heavy atom. The molecule has 1 amide bonds. The van der Waals surface area contributed by atoms with Crippen molar-refractivity contribution in [3.05, 3.63) is 30.6 Å². The zero-order chi connectivity index (χ0) is 15.4. The van der Waals surface area contributed by atoms with Crippen LogP contribution in [0.4, 0.5) is 5.69 Å². The summed E-state index contributed by atoms with van der Waals surface area (Å²) in [6.45, 7) is 4.58. The standard InChI is InChI=1S/C16H21N5O.ClH/c1-2-21-11-18-20-15(21)13-7-3-4-8-14(13)19-16(22)12-6-5-9-17-10-12;/h3-4,7-8,11-12,17H,2,5-6,9-10H2,1H3,(H,19,22);1H. The van der Waals surface area contributed by atoms with Crippen LogP contribution in [0.25, 0.3) is 11.4 Å². The Hall–Kier alpha value is -1.92. The summed E-state index contributed by atoms with van der Waals surface area (Å²) in [5.74, 6) is 0.883. The van der Waals surface area contributed by atoms with Gasteiger partial charge in [0, 0.05) is 18.7 Å². The number of rotatable bonds is 4. The zero-order valence-electron chi connectivity index (χ0n) is 13.2. The Balaban J connectivity index is 0.00000192. The molecule has 1 atom stereocenters. The molecule has 1 unspecified atom stereocenters. The lowest BCUT2D eigenvalue weighted by molar-refractivity contribution is -0.120. The number of para-hydroxylation sites is 1. The van der Waals surface area contributed by atoms with Gasteiger partial charge < -0.3 is 15.2 Å². The molecule has 3 rings (SSSR count). The third-order valence-corrected chi connectivity index (χ3v) is 4.05. The second kappa shape index (κ2) is 8.08.